The minimum absolute atomic E-state index is 0.195. The molecule has 0 aromatic heterocycles. The molecule has 1 aromatic carbocycles. The first-order chi connectivity index (χ1) is 5.77. The molecule has 3 nitrogen and oxygen atoms in total. The number of amides is 1. The van der Waals surface area contributed by atoms with Crippen LogP contribution in [-0.2, 0) is 4.79 Å². The molecule has 12 heavy (non-hydrogen) atoms. The number of phenolic OH excluding ortho intramolecular Hbond substituents is 1. The first-order valence-corrected chi connectivity index (χ1v) is 3.72. The summed E-state index contributed by atoms with van der Waals surface area (Å²) in [5, 5.41) is 8.97. The minimum Gasteiger partial charge on any atom is -0.508 e. The zero-order chi connectivity index (χ0) is 8.97. The van der Waals surface area contributed by atoms with Gasteiger partial charge in [-0.25, -0.2) is 0 Å². The van der Waals surface area contributed by atoms with Crippen molar-refractivity contribution in [2.75, 3.05) is 11.4 Å². The quantitative estimate of drug-likeness (QED) is 0.684. The molecule has 1 amide bonds. The number of phenols is 1. The third-order valence-electron chi connectivity index (χ3n) is 1.59. The number of hydrogen-bond donors (Lipinski definition) is 1. The van der Waals surface area contributed by atoms with Gasteiger partial charge >= 0.3 is 6.41 Å². The summed E-state index contributed by atoms with van der Waals surface area (Å²) in [6.45, 7) is 2.44. The second kappa shape index (κ2) is 3.76. The van der Waals surface area contributed by atoms with Crippen LogP contribution >= 0.6 is 0 Å². The van der Waals surface area contributed by atoms with Gasteiger partial charge in [0.15, 0.2) is 0 Å². The van der Waals surface area contributed by atoms with E-state index in [1.165, 1.54) is 17.0 Å². The zero-order valence-electron chi connectivity index (χ0n) is 6.82. The van der Waals surface area contributed by atoms with E-state index in [0.717, 1.165) is 5.69 Å². The van der Waals surface area contributed by atoms with Crippen LogP contribution in [0.15, 0.2) is 24.3 Å². The van der Waals surface area contributed by atoms with Crippen molar-refractivity contribution in [3.63, 3.8) is 0 Å². The van der Waals surface area contributed by atoms with Gasteiger partial charge in [0.2, 0.25) is 0 Å². The second-order valence-corrected chi connectivity index (χ2v) is 2.35. The van der Waals surface area contributed by atoms with Gasteiger partial charge in [0.1, 0.15) is 5.75 Å². The molecule has 0 fully saturated rings. The van der Waals surface area contributed by atoms with Crippen molar-refractivity contribution in [2.24, 2.45) is 0 Å². The lowest BCUT2D eigenvalue weighted by atomic mass is 10.3. The van der Waals surface area contributed by atoms with Gasteiger partial charge in [-0.3, -0.25) is 4.79 Å². The van der Waals surface area contributed by atoms with Gasteiger partial charge in [-0.15, -0.1) is 0 Å². The van der Waals surface area contributed by atoms with Gasteiger partial charge in [-0.2, -0.15) is 0 Å². The van der Waals surface area contributed by atoms with Crippen LogP contribution in [0.3, 0.4) is 0 Å². The molecule has 0 atom stereocenters. The molecule has 0 bridgehead atoms. The number of rotatable bonds is 3. The molecule has 0 aliphatic carbocycles. The third kappa shape index (κ3) is 1.75. The van der Waals surface area contributed by atoms with Gasteiger partial charge in [0.05, 0.1) is 0 Å². The molecule has 0 unspecified atom stereocenters. The van der Waals surface area contributed by atoms with E-state index >= 15 is 0 Å². The maximum Gasteiger partial charge on any atom is 0.316 e. The van der Waals surface area contributed by atoms with Gasteiger partial charge in [0, 0.05) is 12.2 Å². The van der Waals surface area contributed by atoms with Crippen molar-refractivity contribution in [3.05, 3.63) is 24.3 Å². The molecular weight excluding hydrogens is 154 g/mol. The van der Waals surface area contributed by atoms with Crippen LogP contribution in [0.2, 0.25) is 0 Å². The predicted octanol–water partition coefficient (Wildman–Crippen LogP) is 1.29. The highest BCUT2D eigenvalue weighted by atomic mass is 16.3. The highest BCUT2D eigenvalue weighted by Gasteiger charge is 2.01. The summed E-state index contributed by atoms with van der Waals surface area (Å²) in [5.41, 5.74) is 0.741. The summed E-state index contributed by atoms with van der Waals surface area (Å²) < 4.78 is 0. The average Bonchev–Trinajstić information content (AvgIpc) is 2.10. The van der Waals surface area contributed by atoms with E-state index < -0.39 is 0 Å². The topological polar surface area (TPSA) is 40.5 Å². The van der Waals surface area contributed by atoms with Gasteiger partial charge < -0.3 is 10.0 Å². The molecule has 0 saturated heterocycles. The summed E-state index contributed by atoms with van der Waals surface area (Å²) in [6, 6.07) is 6.41. The number of aromatic hydroxyl groups is 1. The largest absolute Gasteiger partial charge is 0.508 e. The van der Waals surface area contributed by atoms with E-state index in [-0.39, 0.29) is 5.75 Å². The summed E-state index contributed by atoms with van der Waals surface area (Å²) in [6.07, 6.45) is 1.79. The molecule has 63 valence electrons. The van der Waals surface area contributed by atoms with Crippen molar-refractivity contribution in [2.45, 2.75) is 6.92 Å². The maximum absolute atomic E-state index is 10.4. The Bertz CT molecular complexity index is 256. The first-order valence-electron chi connectivity index (χ1n) is 3.72. The Morgan fingerprint density at radius 1 is 1.42 bits per heavy atom. The van der Waals surface area contributed by atoms with Crippen LogP contribution < -0.4 is 4.90 Å². The number of anilines is 1. The van der Waals surface area contributed by atoms with E-state index in [0.29, 0.717) is 6.54 Å². The number of carbonyl (C=O) groups excluding carboxylic acids is 1. The smallest absolute Gasteiger partial charge is 0.316 e. The molecule has 0 aliphatic heterocycles. The van der Waals surface area contributed by atoms with Crippen LogP contribution in [0.4, 0.5) is 5.69 Å². The lowest BCUT2D eigenvalue weighted by Gasteiger charge is -2.12. The van der Waals surface area contributed by atoms with Crippen LogP contribution in [0.5, 0.6) is 5.75 Å². The Balaban J connectivity index is 2.87. The Morgan fingerprint density at radius 2 is 2.00 bits per heavy atom. The van der Waals surface area contributed by atoms with E-state index in [9.17, 15) is 4.79 Å². The van der Waals surface area contributed by atoms with Crippen molar-refractivity contribution in [3.8, 4) is 5.75 Å². The van der Waals surface area contributed by atoms with E-state index in [4.69, 9.17) is 5.11 Å². The molecule has 1 N–H and O–H groups in total. The minimum atomic E-state index is 0.195. The Labute approximate surface area is 71.2 Å². The van der Waals surface area contributed by atoms with Crippen LogP contribution in [-0.4, -0.2) is 18.1 Å². The van der Waals surface area contributed by atoms with Crippen LogP contribution in [0.1, 0.15) is 6.92 Å². The molecule has 0 spiro atoms. The van der Waals surface area contributed by atoms with Gasteiger partial charge in [-0.1, -0.05) is 0 Å². The molecule has 1 radical (unpaired) electrons. The molecule has 0 saturated carbocycles. The fourth-order valence-corrected chi connectivity index (χ4v) is 0.932. The molecule has 0 aliphatic rings. The average molecular weight is 164 g/mol. The Hall–Kier alpha value is -1.51. The van der Waals surface area contributed by atoms with Crippen LogP contribution in [0, 0.1) is 0 Å². The zero-order valence-corrected chi connectivity index (χ0v) is 6.82. The van der Waals surface area contributed by atoms with E-state index in [1.807, 2.05) is 6.92 Å². The molecule has 3 heteroatoms. The summed E-state index contributed by atoms with van der Waals surface area (Å²) >= 11 is 0. The normalized spacial score (nSPS) is 9.42. The molecule has 1 aromatic rings. The van der Waals surface area contributed by atoms with Gasteiger partial charge in [0.25, 0.3) is 0 Å². The summed E-state index contributed by atoms with van der Waals surface area (Å²) in [5.74, 6) is 0.195. The fourth-order valence-electron chi connectivity index (χ4n) is 0.932. The number of hydrogen-bond acceptors (Lipinski definition) is 2. The summed E-state index contributed by atoms with van der Waals surface area (Å²) in [7, 11) is 0. The van der Waals surface area contributed by atoms with Crippen molar-refractivity contribution < 1.29 is 9.90 Å². The fraction of sp³-hybridized carbons (Fsp3) is 0.222. The van der Waals surface area contributed by atoms with Gasteiger partial charge in [-0.05, 0) is 31.2 Å². The highest BCUT2D eigenvalue weighted by Crippen LogP contribution is 2.16. The van der Waals surface area contributed by atoms with Crippen molar-refractivity contribution in [1.29, 1.82) is 0 Å². The van der Waals surface area contributed by atoms with Crippen molar-refractivity contribution >= 4 is 12.1 Å². The Morgan fingerprint density at radius 3 is 2.42 bits per heavy atom. The molecule has 1 rings (SSSR count). The first kappa shape index (κ1) is 8.59. The van der Waals surface area contributed by atoms with E-state index in [2.05, 4.69) is 0 Å². The number of nitrogens with zero attached hydrogens (tertiary/aromatic N) is 1. The molecular formula is C9H10NO2. The number of benzene rings is 1. The second-order valence-electron chi connectivity index (χ2n) is 2.35. The monoisotopic (exact) mass is 164 g/mol. The predicted molar refractivity (Wildman–Crippen MR) is 46.8 cm³/mol. The lowest BCUT2D eigenvalue weighted by molar-refractivity contribution is 0.475. The SMILES string of the molecule is CCN([C]=O)c1ccc(O)cc1. The van der Waals surface area contributed by atoms with Crippen molar-refractivity contribution in [1.82, 2.24) is 0 Å². The van der Waals surface area contributed by atoms with Crippen LogP contribution in [0.25, 0.3) is 0 Å². The lowest BCUT2D eigenvalue weighted by Crippen LogP contribution is -2.19. The van der Waals surface area contributed by atoms with E-state index in [1.54, 1.807) is 18.5 Å². The maximum atomic E-state index is 10.4. The molecule has 0 heterocycles. The highest BCUT2D eigenvalue weighted by molar-refractivity contribution is 5.75. The third-order valence-corrected chi connectivity index (χ3v) is 1.59. The standard InChI is InChI=1S/C9H10NO2/c1-2-10(7-11)8-3-5-9(12)6-4-8/h3-6,12H,2H2,1H3. The Kier molecular flexibility index (Phi) is 2.69. The summed E-state index contributed by atoms with van der Waals surface area (Å²) in [4.78, 5) is 11.8.